The first kappa shape index (κ1) is 8.05. The van der Waals surface area contributed by atoms with Gasteiger partial charge in [-0.1, -0.05) is 29.3 Å². The lowest BCUT2D eigenvalue weighted by molar-refractivity contribution is -0.176. The highest BCUT2D eigenvalue weighted by molar-refractivity contribution is 9.10. The SMILES string of the molecule is CCCC1OC(=O)C1(C)Br. The number of hydrogen-bond acceptors (Lipinski definition) is 2. The Kier molecular flexibility index (Phi) is 2.04. The summed E-state index contributed by atoms with van der Waals surface area (Å²) in [7, 11) is 0. The van der Waals surface area contributed by atoms with E-state index in [-0.39, 0.29) is 12.1 Å². The highest BCUT2D eigenvalue weighted by Crippen LogP contribution is 2.37. The average Bonchev–Trinajstić information content (AvgIpc) is 1.88. The molecule has 0 aromatic rings. The molecule has 2 unspecified atom stereocenters. The van der Waals surface area contributed by atoms with Crippen molar-refractivity contribution in [2.24, 2.45) is 0 Å². The zero-order chi connectivity index (χ0) is 7.78. The first-order chi connectivity index (χ1) is 4.59. The van der Waals surface area contributed by atoms with E-state index in [0.717, 1.165) is 12.8 Å². The molecule has 1 aliphatic heterocycles. The molecule has 1 rings (SSSR count). The van der Waals surface area contributed by atoms with Gasteiger partial charge in [0.25, 0.3) is 0 Å². The van der Waals surface area contributed by atoms with Crippen LogP contribution < -0.4 is 0 Å². The van der Waals surface area contributed by atoms with Crippen molar-refractivity contribution in [1.29, 1.82) is 0 Å². The second-order valence-corrected chi connectivity index (χ2v) is 4.41. The van der Waals surface area contributed by atoms with Crippen molar-refractivity contribution in [3.63, 3.8) is 0 Å². The largest absolute Gasteiger partial charge is 0.459 e. The fourth-order valence-electron chi connectivity index (χ4n) is 1.02. The standard InChI is InChI=1S/C7H11BrO2/c1-3-4-5-7(2,8)6(9)10-5/h5H,3-4H2,1-2H3. The molecule has 2 nitrogen and oxygen atoms in total. The summed E-state index contributed by atoms with van der Waals surface area (Å²) in [5.74, 6) is -0.133. The first-order valence-corrected chi connectivity index (χ1v) is 4.28. The summed E-state index contributed by atoms with van der Waals surface area (Å²) in [5.41, 5.74) is 0. The van der Waals surface area contributed by atoms with Crippen molar-refractivity contribution < 1.29 is 9.53 Å². The summed E-state index contributed by atoms with van der Waals surface area (Å²) in [6, 6.07) is 0. The Balaban J connectivity index is 2.46. The Morgan fingerprint density at radius 1 is 1.80 bits per heavy atom. The van der Waals surface area contributed by atoms with Gasteiger partial charge in [-0.3, -0.25) is 4.79 Å². The van der Waals surface area contributed by atoms with Crippen molar-refractivity contribution in [2.75, 3.05) is 0 Å². The van der Waals surface area contributed by atoms with Crippen LogP contribution in [0.2, 0.25) is 0 Å². The molecule has 1 heterocycles. The topological polar surface area (TPSA) is 26.3 Å². The highest BCUT2D eigenvalue weighted by atomic mass is 79.9. The predicted octanol–water partition coefficient (Wildman–Crippen LogP) is 1.87. The Morgan fingerprint density at radius 3 is 2.70 bits per heavy atom. The molecular formula is C7H11BrO2. The van der Waals surface area contributed by atoms with Crippen LogP contribution in [-0.4, -0.2) is 16.4 Å². The molecule has 0 N–H and O–H groups in total. The van der Waals surface area contributed by atoms with E-state index in [1.807, 2.05) is 6.92 Å². The van der Waals surface area contributed by atoms with E-state index in [0.29, 0.717) is 0 Å². The second-order valence-electron chi connectivity index (χ2n) is 2.76. The molecule has 10 heavy (non-hydrogen) atoms. The van der Waals surface area contributed by atoms with Gasteiger partial charge in [0, 0.05) is 0 Å². The number of carbonyl (C=O) groups excluding carboxylic acids is 1. The summed E-state index contributed by atoms with van der Waals surface area (Å²) in [4.78, 5) is 10.8. The lowest BCUT2D eigenvalue weighted by atomic mass is 9.95. The predicted molar refractivity (Wildman–Crippen MR) is 42.1 cm³/mol. The molecule has 0 aliphatic carbocycles. The van der Waals surface area contributed by atoms with Gasteiger partial charge in [0.05, 0.1) is 0 Å². The Labute approximate surface area is 69.1 Å². The average molecular weight is 207 g/mol. The monoisotopic (exact) mass is 206 g/mol. The van der Waals surface area contributed by atoms with Crippen LogP contribution in [0.15, 0.2) is 0 Å². The number of cyclic esters (lactones) is 1. The van der Waals surface area contributed by atoms with Gasteiger partial charge in [-0.05, 0) is 13.3 Å². The molecular weight excluding hydrogens is 196 g/mol. The summed E-state index contributed by atoms with van der Waals surface area (Å²) >= 11 is 3.32. The summed E-state index contributed by atoms with van der Waals surface area (Å²) in [5, 5.41) is 0. The van der Waals surface area contributed by atoms with Gasteiger partial charge in [-0.25, -0.2) is 0 Å². The highest BCUT2D eigenvalue weighted by Gasteiger charge is 2.51. The first-order valence-electron chi connectivity index (χ1n) is 3.49. The van der Waals surface area contributed by atoms with E-state index < -0.39 is 4.32 Å². The van der Waals surface area contributed by atoms with Crippen LogP contribution in [0, 0.1) is 0 Å². The lowest BCUT2D eigenvalue weighted by Crippen LogP contribution is -2.56. The van der Waals surface area contributed by atoms with E-state index in [2.05, 4.69) is 22.9 Å². The molecule has 0 aromatic carbocycles. The second kappa shape index (κ2) is 2.53. The van der Waals surface area contributed by atoms with Crippen LogP contribution in [0.1, 0.15) is 26.7 Å². The van der Waals surface area contributed by atoms with Gasteiger partial charge in [0.1, 0.15) is 6.10 Å². The minimum absolute atomic E-state index is 0.0880. The quantitative estimate of drug-likeness (QED) is 0.510. The van der Waals surface area contributed by atoms with Crippen LogP contribution in [0.3, 0.4) is 0 Å². The number of halogens is 1. The summed E-state index contributed by atoms with van der Waals surface area (Å²) in [6.07, 6.45) is 2.09. The van der Waals surface area contributed by atoms with Crippen LogP contribution in [0.5, 0.6) is 0 Å². The summed E-state index contributed by atoms with van der Waals surface area (Å²) in [6.45, 7) is 3.94. The fraction of sp³-hybridized carbons (Fsp3) is 0.857. The number of carbonyl (C=O) groups is 1. The minimum atomic E-state index is -0.400. The molecule has 0 aromatic heterocycles. The van der Waals surface area contributed by atoms with E-state index in [1.165, 1.54) is 0 Å². The third-order valence-corrected chi connectivity index (χ3v) is 2.64. The lowest BCUT2D eigenvalue weighted by Gasteiger charge is -2.39. The molecule has 0 amide bonds. The molecule has 0 saturated carbocycles. The Morgan fingerprint density at radius 2 is 2.40 bits per heavy atom. The number of rotatable bonds is 2. The normalized spacial score (nSPS) is 38.7. The van der Waals surface area contributed by atoms with Gasteiger partial charge in [-0.2, -0.15) is 0 Å². The zero-order valence-electron chi connectivity index (χ0n) is 6.19. The van der Waals surface area contributed by atoms with Crippen molar-refractivity contribution in [3.05, 3.63) is 0 Å². The van der Waals surface area contributed by atoms with E-state index in [1.54, 1.807) is 0 Å². The molecule has 1 saturated heterocycles. The number of alkyl halides is 1. The maximum atomic E-state index is 10.8. The van der Waals surface area contributed by atoms with Crippen molar-refractivity contribution >= 4 is 21.9 Å². The van der Waals surface area contributed by atoms with Gasteiger partial charge < -0.3 is 4.74 Å². The molecule has 0 bridgehead atoms. The molecule has 1 aliphatic rings. The van der Waals surface area contributed by atoms with Crippen molar-refractivity contribution in [2.45, 2.75) is 37.1 Å². The smallest absolute Gasteiger partial charge is 0.326 e. The zero-order valence-corrected chi connectivity index (χ0v) is 7.77. The van der Waals surface area contributed by atoms with Crippen molar-refractivity contribution in [1.82, 2.24) is 0 Å². The van der Waals surface area contributed by atoms with Gasteiger partial charge in [0.2, 0.25) is 0 Å². The summed E-state index contributed by atoms with van der Waals surface area (Å²) < 4.78 is 4.51. The van der Waals surface area contributed by atoms with Crippen LogP contribution in [-0.2, 0) is 9.53 Å². The number of esters is 1. The van der Waals surface area contributed by atoms with Crippen LogP contribution in [0.4, 0.5) is 0 Å². The van der Waals surface area contributed by atoms with Crippen molar-refractivity contribution in [3.8, 4) is 0 Å². The van der Waals surface area contributed by atoms with Gasteiger partial charge in [0.15, 0.2) is 4.32 Å². The van der Waals surface area contributed by atoms with E-state index in [9.17, 15) is 4.79 Å². The maximum Gasteiger partial charge on any atom is 0.326 e. The van der Waals surface area contributed by atoms with Gasteiger partial charge in [-0.15, -0.1) is 0 Å². The third-order valence-electron chi connectivity index (χ3n) is 1.80. The minimum Gasteiger partial charge on any atom is -0.459 e. The number of ether oxygens (including phenoxy) is 1. The maximum absolute atomic E-state index is 10.8. The molecule has 2 atom stereocenters. The molecule has 0 spiro atoms. The fourth-order valence-corrected chi connectivity index (χ4v) is 1.44. The van der Waals surface area contributed by atoms with Crippen LogP contribution in [0.25, 0.3) is 0 Å². The molecule has 1 fully saturated rings. The number of hydrogen-bond donors (Lipinski definition) is 0. The van der Waals surface area contributed by atoms with Gasteiger partial charge >= 0.3 is 5.97 Å². The third kappa shape index (κ3) is 1.07. The van der Waals surface area contributed by atoms with Crippen LogP contribution >= 0.6 is 15.9 Å². The molecule has 58 valence electrons. The molecule has 0 radical (unpaired) electrons. The Hall–Kier alpha value is -0.0500. The van der Waals surface area contributed by atoms with E-state index in [4.69, 9.17) is 4.74 Å². The molecule has 3 heteroatoms. The van der Waals surface area contributed by atoms with E-state index >= 15 is 0 Å². The Bertz CT molecular complexity index is 154.